The van der Waals surface area contributed by atoms with Gasteiger partial charge in [-0.3, -0.25) is 0 Å². The number of benzene rings is 2. The van der Waals surface area contributed by atoms with Gasteiger partial charge < -0.3 is 9.47 Å². The van der Waals surface area contributed by atoms with Crippen LogP contribution in [0.1, 0.15) is 17.9 Å². The van der Waals surface area contributed by atoms with Crippen LogP contribution in [0.15, 0.2) is 60.4 Å². The molecule has 3 aromatic rings. The Balaban J connectivity index is 1.74. The Kier molecular flexibility index (Phi) is 4.24. The number of hydrogen-bond donors (Lipinski definition) is 0. The average molecular weight is 350 g/mol. The van der Waals surface area contributed by atoms with E-state index in [9.17, 15) is 0 Å². The molecule has 25 heavy (non-hydrogen) atoms. The first-order chi connectivity index (χ1) is 12.3. The molecule has 1 aliphatic rings. The number of aromatic nitrogens is 2. The molecule has 0 spiro atoms. The first kappa shape index (κ1) is 15.8. The van der Waals surface area contributed by atoms with Crippen molar-refractivity contribution < 1.29 is 9.47 Å². The number of allylic oxidation sites excluding steroid dienone is 3. The molecule has 4 nitrogen and oxygen atoms in total. The number of fused-ring (bicyclic) bond motifs is 1. The molecule has 1 unspecified atom stereocenters. The van der Waals surface area contributed by atoms with Crippen molar-refractivity contribution in [3.63, 3.8) is 0 Å². The molecule has 0 fully saturated rings. The fraction of sp³-hybridized carbons (Fsp3) is 0.200. The van der Waals surface area contributed by atoms with E-state index in [1.807, 2.05) is 18.2 Å². The lowest BCUT2D eigenvalue weighted by Crippen LogP contribution is -2.01. The molecule has 1 heterocycles. The predicted molar refractivity (Wildman–Crippen MR) is 101 cm³/mol. The highest BCUT2D eigenvalue weighted by atomic mass is 32.1. The van der Waals surface area contributed by atoms with E-state index in [0.29, 0.717) is 5.92 Å². The Bertz CT molecular complexity index is 957. The van der Waals surface area contributed by atoms with Crippen LogP contribution in [0.4, 0.5) is 0 Å². The Morgan fingerprint density at radius 2 is 1.76 bits per heavy atom. The SMILES string of the molecule is COC1=CCC(c2ccc(-c3ccc(OC)cc3)c3nsnc23)C=C1. The maximum Gasteiger partial charge on any atom is 0.118 e. The van der Waals surface area contributed by atoms with Crippen molar-refractivity contribution in [2.45, 2.75) is 12.3 Å². The van der Waals surface area contributed by atoms with Crippen molar-refractivity contribution in [2.75, 3.05) is 14.2 Å². The van der Waals surface area contributed by atoms with Crippen molar-refractivity contribution in [1.82, 2.24) is 8.75 Å². The van der Waals surface area contributed by atoms with Crippen LogP contribution in [-0.4, -0.2) is 23.0 Å². The lowest BCUT2D eigenvalue weighted by Gasteiger charge is -2.17. The summed E-state index contributed by atoms with van der Waals surface area (Å²) in [5.41, 5.74) is 5.38. The summed E-state index contributed by atoms with van der Waals surface area (Å²) in [6, 6.07) is 12.4. The number of ether oxygens (including phenoxy) is 2. The van der Waals surface area contributed by atoms with Gasteiger partial charge in [-0.05, 0) is 41.8 Å². The summed E-state index contributed by atoms with van der Waals surface area (Å²) >= 11 is 1.26. The number of nitrogens with zero attached hydrogens (tertiary/aromatic N) is 2. The normalized spacial score (nSPS) is 16.7. The topological polar surface area (TPSA) is 44.2 Å². The van der Waals surface area contributed by atoms with Crippen LogP contribution < -0.4 is 4.74 Å². The largest absolute Gasteiger partial charge is 0.497 e. The highest BCUT2D eigenvalue weighted by molar-refractivity contribution is 7.00. The maximum absolute atomic E-state index is 5.28. The van der Waals surface area contributed by atoms with Gasteiger partial charge in [-0.25, -0.2) is 0 Å². The standard InChI is InChI=1S/C20H18N2O2S/c1-23-15-7-3-13(4-8-15)17-11-12-18(20-19(17)21-25-22-20)14-5-9-16(24-2)10-6-14/h3-5,7-12,14H,6H2,1-2H3. The third-order valence-corrected chi connectivity index (χ3v) is 5.08. The van der Waals surface area contributed by atoms with E-state index in [1.54, 1.807) is 14.2 Å². The van der Waals surface area contributed by atoms with E-state index in [0.717, 1.165) is 40.1 Å². The van der Waals surface area contributed by atoms with Crippen LogP contribution in [0.2, 0.25) is 0 Å². The summed E-state index contributed by atoms with van der Waals surface area (Å²) in [6.45, 7) is 0. The Labute approximate surface area is 150 Å². The molecule has 0 radical (unpaired) electrons. The monoisotopic (exact) mass is 350 g/mol. The summed E-state index contributed by atoms with van der Waals surface area (Å²) < 4.78 is 19.7. The summed E-state index contributed by atoms with van der Waals surface area (Å²) in [6.07, 6.45) is 7.24. The minimum absolute atomic E-state index is 0.301. The van der Waals surface area contributed by atoms with E-state index in [2.05, 4.69) is 45.2 Å². The first-order valence-electron chi connectivity index (χ1n) is 8.12. The predicted octanol–water partition coefficient (Wildman–Crippen LogP) is 4.94. The second-order valence-electron chi connectivity index (χ2n) is 5.90. The fourth-order valence-corrected chi connectivity index (χ4v) is 3.75. The smallest absolute Gasteiger partial charge is 0.118 e. The third kappa shape index (κ3) is 2.91. The zero-order valence-corrected chi connectivity index (χ0v) is 14.9. The molecule has 0 saturated carbocycles. The van der Waals surface area contributed by atoms with Gasteiger partial charge in [-0.15, -0.1) is 0 Å². The molecule has 0 saturated heterocycles. The zero-order valence-electron chi connectivity index (χ0n) is 14.1. The van der Waals surface area contributed by atoms with E-state index in [-0.39, 0.29) is 0 Å². The van der Waals surface area contributed by atoms with Crippen LogP contribution in [0.3, 0.4) is 0 Å². The molecule has 126 valence electrons. The third-order valence-electron chi connectivity index (χ3n) is 4.55. The van der Waals surface area contributed by atoms with Gasteiger partial charge in [0.05, 0.1) is 25.9 Å². The van der Waals surface area contributed by atoms with E-state index in [1.165, 1.54) is 17.3 Å². The Morgan fingerprint density at radius 3 is 2.44 bits per heavy atom. The van der Waals surface area contributed by atoms with Crippen molar-refractivity contribution in [1.29, 1.82) is 0 Å². The van der Waals surface area contributed by atoms with Crippen molar-refractivity contribution in [3.05, 3.63) is 65.9 Å². The molecule has 1 aliphatic carbocycles. The first-order valence-corrected chi connectivity index (χ1v) is 8.85. The minimum atomic E-state index is 0.301. The quantitative estimate of drug-likeness (QED) is 0.668. The van der Waals surface area contributed by atoms with Crippen LogP contribution >= 0.6 is 11.7 Å². The van der Waals surface area contributed by atoms with Gasteiger partial charge in [0.15, 0.2) is 0 Å². The summed E-state index contributed by atoms with van der Waals surface area (Å²) in [7, 11) is 3.37. The molecule has 1 aromatic heterocycles. The van der Waals surface area contributed by atoms with Crippen LogP contribution in [0, 0.1) is 0 Å². The molecular weight excluding hydrogens is 332 g/mol. The number of hydrogen-bond acceptors (Lipinski definition) is 5. The Hall–Kier alpha value is -2.66. The molecule has 0 aliphatic heterocycles. The summed E-state index contributed by atoms with van der Waals surface area (Å²) in [4.78, 5) is 0. The zero-order chi connectivity index (χ0) is 17.2. The highest BCUT2D eigenvalue weighted by Crippen LogP contribution is 2.36. The molecule has 0 N–H and O–H groups in total. The van der Waals surface area contributed by atoms with Gasteiger partial charge in [-0.1, -0.05) is 30.3 Å². The Morgan fingerprint density at radius 1 is 0.960 bits per heavy atom. The lowest BCUT2D eigenvalue weighted by atomic mass is 9.89. The average Bonchev–Trinajstić information content (AvgIpc) is 3.17. The summed E-state index contributed by atoms with van der Waals surface area (Å²) in [5.74, 6) is 2.06. The molecular formula is C20H18N2O2S. The van der Waals surface area contributed by atoms with Gasteiger partial charge in [0, 0.05) is 11.5 Å². The van der Waals surface area contributed by atoms with Gasteiger partial charge in [0.2, 0.25) is 0 Å². The van der Waals surface area contributed by atoms with Crippen LogP contribution in [0.25, 0.3) is 22.2 Å². The molecule has 2 aromatic carbocycles. The van der Waals surface area contributed by atoms with Crippen molar-refractivity contribution >= 4 is 22.8 Å². The minimum Gasteiger partial charge on any atom is -0.497 e. The molecule has 4 rings (SSSR count). The van der Waals surface area contributed by atoms with Crippen molar-refractivity contribution in [3.8, 4) is 16.9 Å². The number of rotatable bonds is 4. The van der Waals surface area contributed by atoms with Gasteiger partial charge in [-0.2, -0.15) is 8.75 Å². The van der Waals surface area contributed by atoms with E-state index in [4.69, 9.17) is 9.47 Å². The number of methoxy groups -OCH3 is 2. The molecule has 0 bridgehead atoms. The molecule has 1 atom stereocenters. The summed E-state index contributed by atoms with van der Waals surface area (Å²) in [5, 5.41) is 0. The van der Waals surface area contributed by atoms with Crippen LogP contribution in [-0.2, 0) is 4.74 Å². The second kappa shape index (κ2) is 6.69. The van der Waals surface area contributed by atoms with Crippen LogP contribution in [0.5, 0.6) is 5.75 Å². The van der Waals surface area contributed by atoms with E-state index < -0.39 is 0 Å². The lowest BCUT2D eigenvalue weighted by molar-refractivity contribution is 0.303. The fourth-order valence-electron chi connectivity index (χ4n) is 3.17. The van der Waals surface area contributed by atoms with Gasteiger partial charge in [0.25, 0.3) is 0 Å². The molecule has 5 heteroatoms. The van der Waals surface area contributed by atoms with Crippen molar-refractivity contribution in [2.24, 2.45) is 0 Å². The molecule has 0 amide bonds. The van der Waals surface area contributed by atoms with E-state index >= 15 is 0 Å². The van der Waals surface area contributed by atoms with Gasteiger partial charge in [0.1, 0.15) is 22.5 Å². The highest BCUT2D eigenvalue weighted by Gasteiger charge is 2.18. The van der Waals surface area contributed by atoms with Gasteiger partial charge >= 0.3 is 0 Å². The maximum atomic E-state index is 5.28. The second-order valence-corrected chi connectivity index (χ2v) is 6.43.